The van der Waals surface area contributed by atoms with E-state index >= 15 is 0 Å². The molecule has 64 heavy (non-hydrogen) atoms. The molecule has 0 radical (unpaired) electrons. The van der Waals surface area contributed by atoms with Gasteiger partial charge in [-0.3, -0.25) is 0 Å². The third-order valence-electron chi connectivity index (χ3n) is 11.9. The Morgan fingerprint density at radius 1 is 0.516 bits per heavy atom. The van der Waals surface area contributed by atoms with Crippen LogP contribution < -0.4 is 4.90 Å². The van der Waals surface area contributed by atoms with Gasteiger partial charge in [0.15, 0.2) is 17.4 Å². The maximum atomic E-state index is 5.11. The number of hydrogen-bond acceptors (Lipinski definition) is 2. The van der Waals surface area contributed by atoms with Crippen LogP contribution in [0.2, 0.25) is 0 Å². The zero-order valence-electron chi connectivity index (χ0n) is 35.8. The van der Waals surface area contributed by atoms with E-state index in [0.29, 0.717) is 0 Å². The minimum absolute atomic E-state index is 0. The quantitative estimate of drug-likeness (QED) is 0.142. The van der Waals surface area contributed by atoms with Crippen LogP contribution in [-0.4, -0.2) is 18.7 Å². The Hall–Kier alpha value is -7.33. The molecule has 3 heterocycles. The standard InChI is InChI=1S/C58H44N5.Pt/c1-58(2,3)61-40-60(53-31-15-16-32-54(53)61)45-25-17-26-46(38-45)62(44-23-11-6-12-24-44)47-33-34-51-50-27-13-14-30-52(50)63(55(51)39-47)56-37-43(35-36-59-56)57-48(41-19-7-4-8-20-41)28-18-29-49(57)42-21-9-5-10-22-42;/h4-37,40H,1-3H3;/q-1;. The van der Waals surface area contributed by atoms with E-state index in [4.69, 9.17) is 4.98 Å². The molecular formula is C58H44N5Pt-. The van der Waals surface area contributed by atoms with E-state index in [1.807, 2.05) is 6.20 Å². The first kappa shape index (κ1) is 40.7. The number of pyridine rings is 1. The number of aromatic nitrogens is 4. The molecule has 0 saturated carbocycles. The van der Waals surface area contributed by atoms with E-state index in [2.05, 4.69) is 258 Å². The van der Waals surface area contributed by atoms with Gasteiger partial charge in [0.2, 0.25) is 0 Å². The van der Waals surface area contributed by atoms with Crippen LogP contribution in [0.1, 0.15) is 20.8 Å². The smallest absolute Gasteiger partial charge is 0.188 e. The first-order valence-electron chi connectivity index (χ1n) is 21.5. The van der Waals surface area contributed by atoms with Crippen LogP contribution in [0.4, 0.5) is 17.1 Å². The number of rotatable bonds is 8. The predicted octanol–water partition coefficient (Wildman–Crippen LogP) is 15.0. The summed E-state index contributed by atoms with van der Waals surface area (Å²) in [7, 11) is 0. The van der Waals surface area contributed by atoms with Crippen molar-refractivity contribution in [3.05, 3.63) is 225 Å². The zero-order valence-corrected chi connectivity index (χ0v) is 38.0. The second-order valence-electron chi connectivity index (χ2n) is 16.9. The second kappa shape index (κ2) is 16.7. The summed E-state index contributed by atoms with van der Waals surface area (Å²) in [5, 5.41) is 2.25. The molecule has 0 aliphatic carbocycles. The SMILES string of the molecule is CC(C)(C)n1[cH+]n(-c2[c-]c(N(c3[c-]c4c(cc3)c3ccccc3n4-c3cc(-c4c(-c5ccccc5)cccc4-c4ccccc4)ccn3)c3ccccc3)ccc2)c2ccccc21.[Pt]. The van der Waals surface area contributed by atoms with Gasteiger partial charge in [-0.2, -0.15) is 12.1 Å². The minimum atomic E-state index is -0.106. The molecule has 8 aromatic carbocycles. The van der Waals surface area contributed by atoms with Gasteiger partial charge in [-0.25, -0.2) is 14.1 Å². The molecule has 0 aliphatic heterocycles. The summed E-state index contributed by atoms with van der Waals surface area (Å²) in [4.78, 5) is 7.36. The molecule has 0 fully saturated rings. The zero-order chi connectivity index (χ0) is 42.5. The van der Waals surface area contributed by atoms with Crippen LogP contribution in [-0.2, 0) is 26.6 Å². The second-order valence-corrected chi connectivity index (χ2v) is 16.9. The third-order valence-corrected chi connectivity index (χ3v) is 11.9. The first-order chi connectivity index (χ1) is 30.9. The fraction of sp³-hybridized carbons (Fsp3) is 0.0690. The van der Waals surface area contributed by atoms with Gasteiger partial charge < -0.3 is 9.47 Å². The Morgan fingerprint density at radius 3 is 1.80 bits per heavy atom. The van der Waals surface area contributed by atoms with Crippen molar-refractivity contribution in [1.29, 1.82) is 0 Å². The summed E-state index contributed by atoms with van der Waals surface area (Å²) < 4.78 is 6.85. The monoisotopic (exact) mass is 1010 g/mol. The molecule has 0 spiro atoms. The van der Waals surface area contributed by atoms with Crippen molar-refractivity contribution in [2.24, 2.45) is 0 Å². The normalized spacial score (nSPS) is 11.5. The van der Waals surface area contributed by atoms with Crippen molar-refractivity contribution in [3.63, 3.8) is 0 Å². The molecule has 3 aromatic heterocycles. The molecule has 11 rings (SSSR count). The van der Waals surface area contributed by atoms with Crippen LogP contribution in [0.15, 0.2) is 213 Å². The van der Waals surface area contributed by atoms with Gasteiger partial charge in [0.05, 0.1) is 5.54 Å². The molecule has 11 aromatic rings. The van der Waals surface area contributed by atoms with Crippen molar-refractivity contribution in [1.82, 2.24) is 18.7 Å². The molecule has 0 amide bonds. The molecule has 0 saturated heterocycles. The van der Waals surface area contributed by atoms with Gasteiger partial charge in [0, 0.05) is 56.3 Å². The summed E-state index contributed by atoms with van der Waals surface area (Å²) in [6.45, 7) is 6.72. The van der Waals surface area contributed by atoms with E-state index in [9.17, 15) is 0 Å². The Morgan fingerprint density at radius 2 is 1.11 bits per heavy atom. The van der Waals surface area contributed by atoms with Crippen molar-refractivity contribution in [2.75, 3.05) is 4.90 Å². The van der Waals surface area contributed by atoms with Crippen molar-refractivity contribution in [2.45, 2.75) is 26.3 Å². The molecule has 6 heteroatoms. The Kier molecular flexibility index (Phi) is 10.7. The van der Waals surface area contributed by atoms with E-state index in [-0.39, 0.29) is 26.6 Å². The molecule has 0 unspecified atom stereocenters. The van der Waals surface area contributed by atoms with E-state index in [0.717, 1.165) is 67.0 Å². The molecular weight excluding hydrogens is 962 g/mol. The molecule has 0 N–H and O–H groups in total. The van der Waals surface area contributed by atoms with Crippen LogP contribution in [0.3, 0.4) is 0 Å². The fourth-order valence-electron chi connectivity index (χ4n) is 9.07. The number of para-hydroxylation sites is 4. The summed E-state index contributed by atoms with van der Waals surface area (Å²) in [5.74, 6) is 0.820. The topological polar surface area (TPSA) is 30.9 Å². The number of anilines is 3. The largest absolute Gasteiger partial charge is 0.358 e. The van der Waals surface area contributed by atoms with Gasteiger partial charge in [-0.05, 0) is 102 Å². The van der Waals surface area contributed by atoms with Gasteiger partial charge in [-0.1, -0.05) is 138 Å². The molecule has 0 aliphatic rings. The van der Waals surface area contributed by atoms with E-state index in [1.54, 1.807) is 0 Å². The average Bonchev–Trinajstić information content (AvgIpc) is 3.89. The molecule has 5 nitrogen and oxygen atoms in total. The molecule has 0 bridgehead atoms. The van der Waals surface area contributed by atoms with E-state index < -0.39 is 0 Å². The number of imidazole rings is 1. The number of fused-ring (bicyclic) bond motifs is 4. The number of hydrogen-bond donors (Lipinski definition) is 0. The van der Waals surface area contributed by atoms with Crippen molar-refractivity contribution < 1.29 is 21.1 Å². The van der Waals surface area contributed by atoms with Crippen molar-refractivity contribution >= 4 is 49.9 Å². The maximum absolute atomic E-state index is 5.11. The van der Waals surface area contributed by atoms with Gasteiger partial charge in [0.25, 0.3) is 0 Å². The van der Waals surface area contributed by atoms with Crippen LogP contribution >= 0.6 is 0 Å². The van der Waals surface area contributed by atoms with Crippen LogP contribution in [0, 0.1) is 12.1 Å². The third kappa shape index (κ3) is 7.22. The Labute approximate surface area is 388 Å². The Balaban J connectivity index is 0.00000484. The maximum Gasteiger partial charge on any atom is 0.188 e. The number of benzene rings is 8. The van der Waals surface area contributed by atoms with Crippen molar-refractivity contribution in [3.8, 4) is 44.9 Å². The Bertz CT molecular complexity index is 3380. The van der Waals surface area contributed by atoms with E-state index in [1.165, 1.54) is 27.8 Å². The fourth-order valence-corrected chi connectivity index (χ4v) is 9.07. The summed E-state index contributed by atoms with van der Waals surface area (Å²) in [5.41, 5.74) is 14.9. The van der Waals surface area contributed by atoms with Gasteiger partial charge in [-0.15, -0.1) is 29.7 Å². The average molecular weight is 1010 g/mol. The predicted molar refractivity (Wildman–Crippen MR) is 261 cm³/mol. The minimum Gasteiger partial charge on any atom is -0.358 e. The summed E-state index contributed by atoms with van der Waals surface area (Å²) >= 11 is 0. The van der Waals surface area contributed by atoms with Crippen LogP contribution in [0.25, 0.3) is 77.7 Å². The number of nitrogens with zero attached hydrogens (tertiary/aromatic N) is 5. The first-order valence-corrected chi connectivity index (χ1v) is 21.5. The molecule has 312 valence electrons. The van der Waals surface area contributed by atoms with Crippen LogP contribution in [0.5, 0.6) is 0 Å². The van der Waals surface area contributed by atoms with Gasteiger partial charge >= 0.3 is 0 Å². The summed E-state index contributed by atoms with van der Waals surface area (Å²) in [6.07, 6.45) is 4.14. The molecule has 0 atom stereocenters. The van der Waals surface area contributed by atoms with Gasteiger partial charge in [0.1, 0.15) is 5.82 Å². The summed E-state index contributed by atoms with van der Waals surface area (Å²) in [6, 6.07) is 78.6.